The summed E-state index contributed by atoms with van der Waals surface area (Å²) in [5.74, 6) is 1.02. The maximum atomic E-state index is 12.2. The first-order valence-corrected chi connectivity index (χ1v) is 9.05. The van der Waals surface area contributed by atoms with Gasteiger partial charge in [0.25, 0.3) is 0 Å². The fourth-order valence-electron chi connectivity index (χ4n) is 3.80. The number of nitrogens with zero attached hydrogens (tertiary/aromatic N) is 1. The van der Waals surface area contributed by atoms with Gasteiger partial charge in [0.1, 0.15) is 0 Å². The fraction of sp³-hybridized carbons (Fsp3) is 0.889. The number of hydrogen-bond acceptors (Lipinski definition) is 2. The van der Waals surface area contributed by atoms with Crippen LogP contribution in [0.2, 0.25) is 0 Å². The molecule has 0 unspecified atom stereocenters. The number of likely N-dealkylation sites (tertiary alicyclic amines) is 1. The smallest absolute Gasteiger partial charge is 0.228 e. The summed E-state index contributed by atoms with van der Waals surface area (Å²) in [6.45, 7) is 8.00. The van der Waals surface area contributed by atoms with Crippen LogP contribution in [0.3, 0.4) is 0 Å². The largest absolute Gasteiger partial charge is 0.351 e. The molecule has 2 saturated heterocycles. The molecule has 2 amide bonds. The molecule has 0 aromatic rings. The molecule has 2 fully saturated rings. The highest BCUT2D eigenvalue weighted by molar-refractivity contribution is 5.89. The van der Waals surface area contributed by atoms with Crippen molar-refractivity contribution in [2.45, 2.75) is 78.2 Å². The molecule has 2 aliphatic rings. The molecule has 0 radical (unpaired) electrons. The van der Waals surface area contributed by atoms with Crippen molar-refractivity contribution in [1.82, 2.24) is 10.2 Å². The fourth-order valence-corrected chi connectivity index (χ4v) is 3.80. The molecule has 1 atom stereocenters. The zero-order chi connectivity index (χ0) is 16.2. The molecule has 2 heterocycles. The SMILES string of the molecule is CCCCCCCC(=O)N1CCC([C@H]2NC(=O)C2(C)C)CC1. The van der Waals surface area contributed by atoms with Crippen molar-refractivity contribution < 1.29 is 9.59 Å². The maximum Gasteiger partial charge on any atom is 0.228 e. The third-order valence-corrected chi connectivity index (χ3v) is 5.51. The Morgan fingerprint density at radius 3 is 2.36 bits per heavy atom. The molecule has 4 nitrogen and oxygen atoms in total. The molecule has 0 bridgehead atoms. The van der Waals surface area contributed by atoms with E-state index in [2.05, 4.69) is 12.2 Å². The number of carbonyl (C=O) groups excluding carboxylic acids is 2. The molecule has 0 aromatic carbocycles. The van der Waals surface area contributed by atoms with Crippen molar-refractivity contribution >= 4 is 11.8 Å². The van der Waals surface area contributed by atoms with Crippen molar-refractivity contribution in [1.29, 1.82) is 0 Å². The Labute approximate surface area is 135 Å². The summed E-state index contributed by atoms with van der Waals surface area (Å²) < 4.78 is 0. The minimum atomic E-state index is -0.226. The third-order valence-electron chi connectivity index (χ3n) is 5.51. The van der Waals surface area contributed by atoms with Crippen LogP contribution in [-0.4, -0.2) is 35.8 Å². The van der Waals surface area contributed by atoms with E-state index in [-0.39, 0.29) is 11.3 Å². The van der Waals surface area contributed by atoms with Crippen LogP contribution in [0.25, 0.3) is 0 Å². The van der Waals surface area contributed by atoms with Gasteiger partial charge in [-0.25, -0.2) is 0 Å². The highest BCUT2D eigenvalue weighted by Gasteiger charge is 2.51. The van der Waals surface area contributed by atoms with Crippen molar-refractivity contribution in [3.8, 4) is 0 Å². The Balaban J connectivity index is 1.66. The molecule has 0 saturated carbocycles. The second kappa shape index (κ2) is 7.47. The van der Waals surface area contributed by atoms with Crippen LogP contribution in [0.5, 0.6) is 0 Å². The molecule has 4 heteroatoms. The average Bonchev–Trinajstić information content (AvgIpc) is 2.52. The lowest BCUT2D eigenvalue weighted by Gasteiger charge is -2.50. The topological polar surface area (TPSA) is 49.4 Å². The predicted molar refractivity (Wildman–Crippen MR) is 88.4 cm³/mol. The van der Waals surface area contributed by atoms with Crippen LogP contribution in [0, 0.1) is 11.3 Å². The van der Waals surface area contributed by atoms with E-state index in [0.29, 0.717) is 24.3 Å². The Hall–Kier alpha value is -1.06. The summed E-state index contributed by atoms with van der Waals surface area (Å²) in [5.41, 5.74) is -0.226. The van der Waals surface area contributed by atoms with Crippen LogP contribution >= 0.6 is 0 Å². The summed E-state index contributed by atoms with van der Waals surface area (Å²) in [6.07, 6.45) is 8.75. The molecule has 0 aromatic heterocycles. The lowest BCUT2D eigenvalue weighted by molar-refractivity contribution is -0.147. The van der Waals surface area contributed by atoms with E-state index in [1.165, 1.54) is 25.7 Å². The lowest BCUT2D eigenvalue weighted by atomic mass is 9.68. The minimum Gasteiger partial charge on any atom is -0.351 e. The second-order valence-corrected chi connectivity index (χ2v) is 7.56. The van der Waals surface area contributed by atoms with Crippen LogP contribution in [-0.2, 0) is 9.59 Å². The van der Waals surface area contributed by atoms with Gasteiger partial charge in [-0.3, -0.25) is 9.59 Å². The molecule has 0 aliphatic carbocycles. The van der Waals surface area contributed by atoms with Gasteiger partial charge in [0.2, 0.25) is 11.8 Å². The Bertz CT molecular complexity index is 398. The van der Waals surface area contributed by atoms with Gasteiger partial charge in [-0.05, 0) is 39.0 Å². The number of nitrogens with one attached hydrogen (secondary N) is 1. The third kappa shape index (κ3) is 3.82. The molecule has 126 valence electrons. The number of amides is 2. The van der Waals surface area contributed by atoms with Crippen molar-refractivity contribution in [2.75, 3.05) is 13.1 Å². The van der Waals surface area contributed by atoms with Crippen molar-refractivity contribution in [2.24, 2.45) is 11.3 Å². The zero-order valence-electron chi connectivity index (χ0n) is 14.5. The number of hydrogen-bond donors (Lipinski definition) is 1. The monoisotopic (exact) mass is 308 g/mol. The summed E-state index contributed by atoms with van der Waals surface area (Å²) in [7, 11) is 0. The lowest BCUT2D eigenvalue weighted by Crippen LogP contribution is -2.68. The van der Waals surface area contributed by atoms with E-state index in [1.807, 2.05) is 18.7 Å². The quantitative estimate of drug-likeness (QED) is 0.580. The van der Waals surface area contributed by atoms with Gasteiger partial charge in [0.05, 0.1) is 5.41 Å². The molecule has 2 aliphatic heterocycles. The van der Waals surface area contributed by atoms with E-state index in [9.17, 15) is 9.59 Å². The van der Waals surface area contributed by atoms with Gasteiger partial charge in [0, 0.05) is 25.6 Å². The number of piperidine rings is 1. The van der Waals surface area contributed by atoms with E-state index in [0.717, 1.165) is 32.4 Å². The molecule has 2 rings (SSSR count). The minimum absolute atomic E-state index is 0.170. The van der Waals surface area contributed by atoms with E-state index >= 15 is 0 Å². The highest BCUT2D eigenvalue weighted by Crippen LogP contribution is 2.38. The molecular weight excluding hydrogens is 276 g/mol. The Morgan fingerprint density at radius 1 is 1.18 bits per heavy atom. The second-order valence-electron chi connectivity index (χ2n) is 7.56. The molecule has 0 spiro atoms. The molecular formula is C18H32N2O2. The molecule has 22 heavy (non-hydrogen) atoms. The van der Waals surface area contributed by atoms with E-state index in [1.54, 1.807) is 0 Å². The Morgan fingerprint density at radius 2 is 1.82 bits per heavy atom. The van der Waals surface area contributed by atoms with Gasteiger partial charge in [-0.15, -0.1) is 0 Å². The van der Waals surface area contributed by atoms with Gasteiger partial charge in [-0.2, -0.15) is 0 Å². The van der Waals surface area contributed by atoms with Crippen LogP contribution < -0.4 is 5.32 Å². The van der Waals surface area contributed by atoms with E-state index in [4.69, 9.17) is 0 Å². The van der Waals surface area contributed by atoms with E-state index < -0.39 is 0 Å². The molecule has 1 N–H and O–H groups in total. The van der Waals surface area contributed by atoms with Crippen molar-refractivity contribution in [3.05, 3.63) is 0 Å². The summed E-state index contributed by atoms with van der Waals surface area (Å²) >= 11 is 0. The van der Waals surface area contributed by atoms with Gasteiger partial charge >= 0.3 is 0 Å². The van der Waals surface area contributed by atoms with Crippen molar-refractivity contribution in [3.63, 3.8) is 0 Å². The highest BCUT2D eigenvalue weighted by atomic mass is 16.2. The first-order valence-electron chi connectivity index (χ1n) is 9.05. The zero-order valence-corrected chi connectivity index (χ0v) is 14.5. The van der Waals surface area contributed by atoms with Gasteiger partial charge < -0.3 is 10.2 Å². The van der Waals surface area contributed by atoms with Crippen LogP contribution in [0.4, 0.5) is 0 Å². The first-order chi connectivity index (χ1) is 10.5. The van der Waals surface area contributed by atoms with Gasteiger partial charge in [0.15, 0.2) is 0 Å². The van der Waals surface area contributed by atoms with Crippen LogP contribution in [0.1, 0.15) is 72.1 Å². The standard InChI is InChI=1S/C18H32N2O2/c1-4-5-6-7-8-9-15(21)20-12-10-14(11-13-20)16-18(2,3)17(22)19-16/h14,16H,4-13H2,1-3H3,(H,19,22)/t16-/m1/s1. The Kier molecular flexibility index (Phi) is 5.87. The summed E-state index contributed by atoms with van der Waals surface area (Å²) in [5, 5.41) is 3.06. The van der Waals surface area contributed by atoms with Gasteiger partial charge in [-0.1, -0.05) is 32.6 Å². The number of β-lactam (4-membered cyclic amide) rings is 1. The maximum absolute atomic E-state index is 12.2. The first kappa shape index (κ1) is 17.3. The summed E-state index contributed by atoms with van der Waals surface area (Å²) in [4.78, 5) is 25.9. The normalized spacial score (nSPS) is 24.8. The number of unbranched alkanes of at least 4 members (excludes halogenated alkanes) is 4. The average molecular weight is 308 g/mol. The summed E-state index contributed by atoms with van der Waals surface area (Å²) in [6, 6.07) is 0.297. The van der Waals surface area contributed by atoms with Crippen LogP contribution in [0.15, 0.2) is 0 Å². The predicted octanol–water partition coefficient (Wildman–Crippen LogP) is 3.11. The number of carbonyl (C=O) groups is 2. The number of rotatable bonds is 7.